The lowest BCUT2D eigenvalue weighted by molar-refractivity contribution is 0.377. The molecule has 0 radical (unpaired) electrons. The minimum absolute atomic E-state index is 0. The van der Waals surface area contributed by atoms with Crippen LogP contribution in [0.15, 0.2) is 35.8 Å². The minimum Gasteiger partial charge on any atom is -0.370 e. The zero-order valence-electron chi connectivity index (χ0n) is 13.7. The fourth-order valence-corrected chi connectivity index (χ4v) is 2.55. The highest BCUT2D eigenvalue weighted by Crippen LogP contribution is 2.09. The van der Waals surface area contributed by atoms with Crippen LogP contribution in [-0.4, -0.2) is 63.3 Å². The number of halogens is 1. The zero-order valence-corrected chi connectivity index (χ0v) is 16.1. The Balaban J connectivity index is 0.00000208. The number of nitrogens with zero attached hydrogens (tertiary/aromatic N) is 7. The molecule has 1 saturated heterocycles. The summed E-state index contributed by atoms with van der Waals surface area (Å²) in [6, 6.07) is 1.82. The van der Waals surface area contributed by atoms with Crippen molar-refractivity contribution in [2.24, 2.45) is 10.7 Å². The van der Waals surface area contributed by atoms with E-state index in [1.165, 1.54) is 0 Å². The van der Waals surface area contributed by atoms with E-state index in [4.69, 9.17) is 5.73 Å². The van der Waals surface area contributed by atoms with Crippen LogP contribution in [0.4, 0.5) is 5.95 Å². The summed E-state index contributed by atoms with van der Waals surface area (Å²) in [5.74, 6) is 1.37. The van der Waals surface area contributed by atoms with Crippen molar-refractivity contribution in [1.29, 1.82) is 0 Å². The molecule has 0 amide bonds. The second-order valence-electron chi connectivity index (χ2n) is 5.54. The summed E-state index contributed by atoms with van der Waals surface area (Å²) >= 11 is 0. The van der Waals surface area contributed by atoms with E-state index in [9.17, 15) is 0 Å². The second-order valence-corrected chi connectivity index (χ2v) is 5.54. The molecule has 130 valence electrons. The van der Waals surface area contributed by atoms with Gasteiger partial charge in [0.25, 0.3) is 0 Å². The van der Waals surface area contributed by atoms with Gasteiger partial charge in [0.1, 0.15) is 0 Å². The molecule has 0 spiro atoms. The molecule has 1 aliphatic heterocycles. The molecule has 0 bridgehead atoms. The SMILES string of the molecule is Cc1cnn(CCN=C(N)N2CCN(c3ncccn3)CC2)c1.I. The Labute approximate surface area is 158 Å². The lowest BCUT2D eigenvalue weighted by atomic mass is 10.3. The lowest BCUT2D eigenvalue weighted by Crippen LogP contribution is -2.51. The quantitative estimate of drug-likeness (QED) is 0.427. The number of nitrogens with two attached hydrogens (primary N) is 1. The summed E-state index contributed by atoms with van der Waals surface area (Å²) in [5.41, 5.74) is 7.25. The Kier molecular flexibility index (Phi) is 6.76. The van der Waals surface area contributed by atoms with E-state index in [0.29, 0.717) is 12.5 Å². The van der Waals surface area contributed by atoms with Gasteiger partial charge in [-0.05, 0) is 18.6 Å². The Morgan fingerprint density at radius 1 is 1.21 bits per heavy atom. The molecule has 0 aromatic carbocycles. The summed E-state index contributed by atoms with van der Waals surface area (Å²) in [7, 11) is 0. The first-order valence-corrected chi connectivity index (χ1v) is 7.78. The molecule has 3 rings (SSSR count). The summed E-state index contributed by atoms with van der Waals surface area (Å²) < 4.78 is 1.89. The first kappa shape index (κ1) is 18.4. The third-order valence-electron chi connectivity index (χ3n) is 3.80. The predicted molar refractivity (Wildman–Crippen MR) is 105 cm³/mol. The van der Waals surface area contributed by atoms with Crippen LogP contribution >= 0.6 is 24.0 Å². The summed E-state index contributed by atoms with van der Waals surface area (Å²) in [4.78, 5) is 17.3. The third-order valence-corrected chi connectivity index (χ3v) is 3.80. The molecule has 1 aliphatic rings. The molecule has 2 N–H and O–H groups in total. The van der Waals surface area contributed by atoms with Gasteiger partial charge in [-0.25, -0.2) is 9.97 Å². The maximum atomic E-state index is 6.10. The normalized spacial score (nSPS) is 15.3. The average Bonchev–Trinajstić information content (AvgIpc) is 3.01. The number of guanidine groups is 1. The molecule has 3 heterocycles. The third kappa shape index (κ3) is 4.79. The highest BCUT2D eigenvalue weighted by Gasteiger charge is 2.19. The number of aromatic nitrogens is 4. The summed E-state index contributed by atoms with van der Waals surface area (Å²) in [6.07, 6.45) is 7.38. The van der Waals surface area contributed by atoms with Gasteiger partial charge >= 0.3 is 0 Å². The van der Waals surface area contributed by atoms with E-state index < -0.39 is 0 Å². The molecule has 8 nitrogen and oxygen atoms in total. The van der Waals surface area contributed by atoms with Gasteiger partial charge in [-0.1, -0.05) is 0 Å². The maximum Gasteiger partial charge on any atom is 0.225 e. The van der Waals surface area contributed by atoms with Crippen LogP contribution in [0.25, 0.3) is 0 Å². The highest BCUT2D eigenvalue weighted by atomic mass is 127. The molecular weight excluding hydrogens is 419 g/mol. The Bertz CT molecular complexity index is 649. The van der Waals surface area contributed by atoms with E-state index >= 15 is 0 Å². The first-order valence-electron chi connectivity index (χ1n) is 7.78. The van der Waals surface area contributed by atoms with E-state index in [-0.39, 0.29) is 24.0 Å². The van der Waals surface area contributed by atoms with Crippen LogP contribution in [0, 0.1) is 6.92 Å². The zero-order chi connectivity index (χ0) is 16.1. The fraction of sp³-hybridized carbons (Fsp3) is 0.467. The molecule has 24 heavy (non-hydrogen) atoms. The van der Waals surface area contributed by atoms with Gasteiger partial charge < -0.3 is 15.5 Å². The lowest BCUT2D eigenvalue weighted by Gasteiger charge is -2.35. The molecule has 0 saturated carbocycles. The van der Waals surface area contributed by atoms with Gasteiger partial charge in [0, 0.05) is 44.8 Å². The number of rotatable bonds is 4. The molecule has 0 atom stereocenters. The van der Waals surface area contributed by atoms with Gasteiger partial charge in [0.05, 0.1) is 19.3 Å². The van der Waals surface area contributed by atoms with Crippen molar-refractivity contribution in [3.63, 3.8) is 0 Å². The van der Waals surface area contributed by atoms with Gasteiger partial charge in [0.15, 0.2) is 5.96 Å². The van der Waals surface area contributed by atoms with Crippen molar-refractivity contribution in [3.8, 4) is 0 Å². The predicted octanol–water partition coefficient (Wildman–Crippen LogP) is 0.736. The molecule has 0 unspecified atom stereocenters. The number of hydrogen-bond donors (Lipinski definition) is 1. The van der Waals surface area contributed by atoms with Crippen LogP contribution in [0.3, 0.4) is 0 Å². The van der Waals surface area contributed by atoms with Gasteiger partial charge in [-0.2, -0.15) is 5.10 Å². The molecule has 9 heteroatoms. The number of hydrogen-bond acceptors (Lipinski definition) is 5. The number of anilines is 1. The number of piperazine rings is 1. The molecular formula is C15H23IN8. The van der Waals surface area contributed by atoms with Crippen LogP contribution in [0.2, 0.25) is 0 Å². The standard InChI is InChI=1S/C15H22N8.HI/c1-13-11-20-23(12-13)6-5-17-14(16)21-7-9-22(10-8-21)15-18-3-2-4-19-15;/h2-4,11-12H,5-10H2,1H3,(H2,16,17);1H. The van der Waals surface area contributed by atoms with Crippen molar-refractivity contribution in [1.82, 2.24) is 24.6 Å². The topological polar surface area (TPSA) is 88.5 Å². The summed E-state index contributed by atoms with van der Waals surface area (Å²) in [6.45, 7) is 6.75. The molecule has 1 fully saturated rings. The fourth-order valence-electron chi connectivity index (χ4n) is 2.55. The van der Waals surface area contributed by atoms with Crippen molar-refractivity contribution >= 4 is 35.9 Å². The van der Waals surface area contributed by atoms with Crippen LogP contribution in [0.1, 0.15) is 5.56 Å². The van der Waals surface area contributed by atoms with Gasteiger partial charge in [0.2, 0.25) is 5.95 Å². The smallest absolute Gasteiger partial charge is 0.225 e. The Morgan fingerprint density at radius 3 is 2.54 bits per heavy atom. The Hall–Kier alpha value is -1.91. The van der Waals surface area contributed by atoms with Gasteiger partial charge in [-0.15, -0.1) is 24.0 Å². The highest BCUT2D eigenvalue weighted by molar-refractivity contribution is 14.0. The van der Waals surface area contributed by atoms with E-state index in [1.54, 1.807) is 12.4 Å². The monoisotopic (exact) mass is 442 g/mol. The van der Waals surface area contributed by atoms with Crippen molar-refractivity contribution < 1.29 is 0 Å². The van der Waals surface area contributed by atoms with Crippen LogP contribution < -0.4 is 10.6 Å². The number of aliphatic imine (C=N–C) groups is 1. The van der Waals surface area contributed by atoms with Crippen LogP contribution in [0.5, 0.6) is 0 Å². The first-order chi connectivity index (χ1) is 11.2. The van der Waals surface area contributed by atoms with Crippen molar-refractivity contribution in [2.45, 2.75) is 13.5 Å². The van der Waals surface area contributed by atoms with E-state index in [1.807, 2.05) is 30.1 Å². The van der Waals surface area contributed by atoms with Crippen LogP contribution in [-0.2, 0) is 6.54 Å². The van der Waals surface area contributed by atoms with E-state index in [0.717, 1.165) is 44.2 Å². The maximum absolute atomic E-state index is 6.10. The molecule has 2 aromatic heterocycles. The largest absolute Gasteiger partial charge is 0.370 e. The van der Waals surface area contributed by atoms with Crippen molar-refractivity contribution in [2.75, 3.05) is 37.6 Å². The number of aryl methyl sites for hydroxylation is 1. The van der Waals surface area contributed by atoms with Crippen molar-refractivity contribution in [3.05, 3.63) is 36.4 Å². The molecule has 2 aromatic rings. The molecule has 0 aliphatic carbocycles. The minimum atomic E-state index is 0. The van der Waals surface area contributed by atoms with Gasteiger partial charge in [-0.3, -0.25) is 9.67 Å². The summed E-state index contributed by atoms with van der Waals surface area (Å²) in [5, 5.41) is 4.24. The van der Waals surface area contributed by atoms with E-state index in [2.05, 4.69) is 29.9 Å². The Morgan fingerprint density at radius 2 is 1.92 bits per heavy atom. The average molecular weight is 442 g/mol. The second kappa shape index (κ2) is 8.81.